The summed E-state index contributed by atoms with van der Waals surface area (Å²) in [5.74, 6) is 0.119. The molecule has 1 rings (SSSR count). The van der Waals surface area contributed by atoms with E-state index >= 15 is 0 Å². The van der Waals surface area contributed by atoms with Crippen LogP contribution in [-0.2, 0) is 0 Å². The van der Waals surface area contributed by atoms with E-state index in [-0.39, 0.29) is 5.78 Å². The Bertz CT molecular complexity index is 348. The fourth-order valence-corrected chi connectivity index (χ4v) is 1.32. The maximum absolute atomic E-state index is 11.2. The van der Waals surface area contributed by atoms with Crippen LogP contribution in [-0.4, -0.2) is 5.78 Å². The van der Waals surface area contributed by atoms with Gasteiger partial charge in [0.1, 0.15) is 0 Å². The van der Waals surface area contributed by atoms with E-state index in [4.69, 9.17) is 0 Å². The van der Waals surface area contributed by atoms with Gasteiger partial charge in [-0.05, 0) is 26.3 Å². The minimum Gasteiger partial charge on any atom is -0.294 e. The number of allylic oxidation sites excluding steroid dienone is 1. The van der Waals surface area contributed by atoms with Gasteiger partial charge in [0.15, 0.2) is 5.78 Å². The Morgan fingerprint density at radius 2 is 2.08 bits per heavy atom. The molecule has 0 fully saturated rings. The standard InChI is InChI=1S/C12H14O/c1-4-5-11-8-9(2)6-7-12(11)10(3)13/h4-8H,1-3H3/b5-4-. The van der Waals surface area contributed by atoms with Crippen LogP contribution in [0.15, 0.2) is 24.3 Å². The van der Waals surface area contributed by atoms with Crippen LogP contribution in [0.4, 0.5) is 0 Å². The molecule has 0 heterocycles. The monoisotopic (exact) mass is 174 g/mol. The fourth-order valence-electron chi connectivity index (χ4n) is 1.32. The molecule has 13 heavy (non-hydrogen) atoms. The van der Waals surface area contributed by atoms with Crippen molar-refractivity contribution in [2.45, 2.75) is 20.8 Å². The van der Waals surface area contributed by atoms with Crippen LogP contribution in [0.3, 0.4) is 0 Å². The Morgan fingerprint density at radius 1 is 1.38 bits per heavy atom. The average Bonchev–Trinajstić information content (AvgIpc) is 2.04. The summed E-state index contributed by atoms with van der Waals surface area (Å²) in [5.41, 5.74) is 2.98. The van der Waals surface area contributed by atoms with E-state index in [2.05, 4.69) is 0 Å². The van der Waals surface area contributed by atoms with Crippen LogP contribution in [0, 0.1) is 6.92 Å². The minimum atomic E-state index is 0.119. The van der Waals surface area contributed by atoms with Gasteiger partial charge in [0.2, 0.25) is 0 Å². The highest BCUT2D eigenvalue weighted by Gasteiger charge is 2.03. The molecule has 0 radical (unpaired) electrons. The zero-order chi connectivity index (χ0) is 9.84. The molecule has 0 aromatic heterocycles. The number of benzene rings is 1. The number of hydrogen-bond donors (Lipinski definition) is 0. The molecule has 1 nitrogen and oxygen atoms in total. The number of rotatable bonds is 2. The molecule has 0 bridgehead atoms. The summed E-state index contributed by atoms with van der Waals surface area (Å²) in [6.45, 7) is 5.57. The van der Waals surface area contributed by atoms with E-state index in [1.165, 1.54) is 5.56 Å². The summed E-state index contributed by atoms with van der Waals surface area (Å²) >= 11 is 0. The molecule has 0 unspecified atom stereocenters. The lowest BCUT2D eigenvalue weighted by Gasteiger charge is -2.02. The lowest BCUT2D eigenvalue weighted by molar-refractivity contribution is 0.101. The number of carbonyl (C=O) groups is 1. The Hall–Kier alpha value is -1.37. The summed E-state index contributed by atoms with van der Waals surface area (Å²) < 4.78 is 0. The Kier molecular flexibility index (Phi) is 3.02. The number of ketones is 1. The Balaban J connectivity index is 3.26. The van der Waals surface area contributed by atoms with E-state index < -0.39 is 0 Å². The molecule has 0 amide bonds. The largest absolute Gasteiger partial charge is 0.294 e. The van der Waals surface area contributed by atoms with Gasteiger partial charge in [0.25, 0.3) is 0 Å². The van der Waals surface area contributed by atoms with Gasteiger partial charge in [0.05, 0.1) is 0 Å². The smallest absolute Gasteiger partial charge is 0.160 e. The molecule has 0 saturated carbocycles. The molecule has 0 aliphatic rings. The molecule has 1 heteroatoms. The van der Waals surface area contributed by atoms with Crippen molar-refractivity contribution >= 4 is 11.9 Å². The van der Waals surface area contributed by atoms with Crippen LogP contribution in [0.5, 0.6) is 0 Å². The molecule has 1 aromatic carbocycles. The third kappa shape index (κ3) is 2.28. The first-order valence-electron chi connectivity index (χ1n) is 4.39. The molecule has 0 saturated heterocycles. The van der Waals surface area contributed by atoms with Gasteiger partial charge in [0, 0.05) is 5.56 Å². The second-order valence-corrected chi connectivity index (χ2v) is 3.15. The molecule has 0 N–H and O–H groups in total. The van der Waals surface area contributed by atoms with Gasteiger partial charge in [-0.15, -0.1) is 0 Å². The SMILES string of the molecule is C/C=C\c1cc(C)ccc1C(C)=O. The van der Waals surface area contributed by atoms with E-state index in [1.54, 1.807) is 6.92 Å². The van der Waals surface area contributed by atoms with Crippen molar-refractivity contribution in [2.24, 2.45) is 0 Å². The quantitative estimate of drug-likeness (QED) is 0.629. The topological polar surface area (TPSA) is 17.1 Å². The van der Waals surface area contributed by atoms with Crippen molar-refractivity contribution < 1.29 is 4.79 Å². The summed E-state index contributed by atoms with van der Waals surface area (Å²) in [6.07, 6.45) is 3.91. The van der Waals surface area contributed by atoms with E-state index in [9.17, 15) is 4.79 Å². The fraction of sp³-hybridized carbons (Fsp3) is 0.250. The zero-order valence-electron chi connectivity index (χ0n) is 8.29. The third-order valence-electron chi connectivity index (χ3n) is 1.93. The molecule has 68 valence electrons. The maximum Gasteiger partial charge on any atom is 0.160 e. The van der Waals surface area contributed by atoms with Crippen molar-refractivity contribution in [3.8, 4) is 0 Å². The highest BCUT2D eigenvalue weighted by atomic mass is 16.1. The highest BCUT2D eigenvalue weighted by molar-refractivity contribution is 5.97. The van der Waals surface area contributed by atoms with Crippen molar-refractivity contribution in [2.75, 3.05) is 0 Å². The number of hydrogen-bond acceptors (Lipinski definition) is 1. The number of aryl methyl sites for hydroxylation is 1. The van der Waals surface area contributed by atoms with Crippen molar-refractivity contribution in [1.29, 1.82) is 0 Å². The van der Waals surface area contributed by atoms with Crippen LogP contribution >= 0.6 is 0 Å². The predicted molar refractivity (Wildman–Crippen MR) is 55.9 cm³/mol. The first-order valence-corrected chi connectivity index (χ1v) is 4.39. The van der Waals surface area contributed by atoms with Crippen molar-refractivity contribution in [3.63, 3.8) is 0 Å². The summed E-state index contributed by atoms with van der Waals surface area (Å²) in [5, 5.41) is 0. The molecule has 0 spiro atoms. The summed E-state index contributed by atoms with van der Waals surface area (Å²) in [7, 11) is 0. The van der Waals surface area contributed by atoms with Crippen LogP contribution in [0.25, 0.3) is 6.08 Å². The molecular formula is C12H14O. The van der Waals surface area contributed by atoms with Gasteiger partial charge >= 0.3 is 0 Å². The van der Waals surface area contributed by atoms with Gasteiger partial charge in [-0.25, -0.2) is 0 Å². The average molecular weight is 174 g/mol. The Labute approximate surface area is 79.1 Å². The maximum atomic E-state index is 11.2. The molecular weight excluding hydrogens is 160 g/mol. The first kappa shape index (κ1) is 9.72. The van der Waals surface area contributed by atoms with Crippen molar-refractivity contribution in [3.05, 3.63) is 41.0 Å². The van der Waals surface area contributed by atoms with Gasteiger partial charge in [-0.2, -0.15) is 0 Å². The number of carbonyl (C=O) groups excluding carboxylic acids is 1. The van der Waals surface area contributed by atoms with Crippen LogP contribution in [0.2, 0.25) is 0 Å². The molecule has 0 atom stereocenters. The Morgan fingerprint density at radius 3 is 2.62 bits per heavy atom. The van der Waals surface area contributed by atoms with Crippen LogP contribution < -0.4 is 0 Å². The minimum absolute atomic E-state index is 0.119. The molecule has 1 aromatic rings. The van der Waals surface area contributed by atoms with Crippen LogP contribution in [0.1, 0.15) is 35.3 Å². The van der Waals surface area contributed by atoms with E-state index in [0.29, 0.717) is 0 Å². The number of Topliss-reactive ketones (excluding diaryl/α,β-unsaturated/α-hetero) is 1. The van der Waals surface area contributed by atoms with Gasteiger partial charge < -0.3 is 0 Å². The van der Waals surface area contributed by atoms with Gasteiger partial charge in [-0.3, -0.25) is 4.79 Å². The summed E-state index contributed by atoms with van der Waals surface area (Å²) in [4.78, 5) is 11.2. The molecule has 0 aliphatic heterocycles. The lowest BCUT2D eigenvalue weighted by Crippen LogP contribution is -1.95. The van der Waals surface area contributed by atoms with Crippen molar-refractivity contribution in [1.82, 2.24) is 0 Å². The zero-order valence-corrected chi connectivity index (χ0v) is 8.29. The third-order valence-corrected chi connectivity index (χ3v) is 1.93. The van der Waals surface area contributed by atoms with E-state index in [1.807, 2.05) is 44.2 Å². The predicted octanol–water partition coefficient (Wildman–Crippen LogP) is 3.23. The lowest BCUT2D eigenvalue weighted by atomic mass is 10.0. The normalized spacial score (nSPS) is 10.7. The second kappa shape index (κ2) is 4.04. The van der Waals surface area contributed by atoms with E-state index in [0.717, 1.165) is 11.1 Å². The molecule has 0 aliphatic carbocycles. The summed E-state index contributed by atoms with van der Waals surface area (Å²) in [6, 6.07) is 5.87. The first-order chi connectivity index (χ1) is 6.15. The highest BCUT2D eigenvalue weighted by Crippen LogP contribution is 2.14. The van der Waals surface area contributed by atoms with Gasteiger partial charge in [-0.1, -0.05) is 35.9 Å². The second-order valence-electron chi connectivity index (χ2n) is 3.15.